The van der Waals surface area contributed by atoms with Crippen molar-refractivity contribution in [1.82, 2.24) is 5.43 Å². The van der Waals surface area contributed by atoms with Crippen LogP contribution in [0.25, 0.3) is 5.83 Å². The Kier molecular flexibility index (Phi) is 7.52. The molecule has 0 aliphatic carbocycles. The molecule has 0 saturated carbocycles. The summed E-state index contributed by atoms with van der Waals surface area (Å²) in [7, 11) is 0. The van der Waals surface area contributed by atoms with E-state index in [-0.39, 0.29) is 21.1 Å². The molecular formula is C18H10Cl3F7N2O. The lowest BCUT2D eigenvalue weighted by atomic mass is 9.94. The summed E-state index contributed by atoms with van der Waals surface area (Å²) in [5.74, 6) is -1.19. The molecule has 3 N–H and O–H groups in total. The lowest BCUT2D eigenvalue weighted by molar-refractivity contribution is -0.139. The smallest absolute Gasteiger partial charge is 0.290 e. The van der Waals surface area contributed by atoms with Gasteiger partial charge in [0.1, 0.15) is 11.7 Å². The van der Waals surface area contributed by atoms with E-state index in [9.17, 15) is 35.5 Å². The number of amides is 1. The molecular weight excluding hydrogens is 500 g/mol. The van der Waals surface area contributed by atoms with Crippen molar-refractivity contribution < 1.29 is 35.5 Å². The van der Waals surface area contributed by atoms with Crippen molar-refractivity contribution in [1.29, 1.82) is 0 Å². The minimum Gasteiger partial charge on any atom is -0.290 e. The first-order valence-corrected chi connectivity index (χ1v) is 9.11. The van der Waals surface area contributed by atoms with E-state index in [1.165, 1.54) is 5.43 Å². The number of hydrogen-bond acceptors (Lipinski definition) is 2. The number of halogens is 10. The molecule has 168 valence electrons. The molecule has 2 aromatic carbocycles. The van der Waals surface area contributed by atoms with E-state index in [1.54, 1.807) is 0 Å². The van der Waals surface area contributed by atoms with Crippen LogP contribution >= 0.6 is 34.8 Å². The maximum atomic E-state index is 14.8. The van der Waals surface area contributed by atoms with Crippen molar-refractivity contribution >= 4 is 46.5 Å². The van der Waals surface area contributed by atoms with Gasteiger partial charge in [-0.3, -0.25) is 10.2 Å². The van der Waals surface area contributed by atoms with Crippen LogP contribution in [0.1, 0.15) is 33.0 Å². The first kappa shape index (κ1) is 25.3. The summed E-state index contributed by atoms with van der Waals surface area (Å²) in [5.41, 5.74) is -3.34. The molecule has 13 heteroatoms. The van der Waals surface area contributed by atoms with Crippen LogP contribution < -0.4 is 11.3 Å². The van der Waals surface area contributed by atoms with Crippen molar-refractivity contribution in [3.05, 3.63) is 73.7 Å². The molecule has 1 unspecified atom stereocenters. The number of carbonyl (C=O) groups is 1. The fourth-order valence-corrected chi connectivity index (χ4v) is 3.31. The fourth-order valence-electron chi connectivity index (χ4n) is 2.69. The van der Waals surface area contributed by atoms with Gasteiger partial charge in [-0.1, -0.05) is 46.9 Å². The summed E-state index contributed by atoms with van der Waals surface area (Å²) in [4.78, 5) is 11.7. The Balaban J connectivity index is 2.74. The number of nitrogens with two attached hydrogens (primary N) is 1. The van der Waals surface area contributed by atoms with Gasteiger partial charge in [0, 0.05) is 5.56 Å². The largest absolute Gasteiger partial charge is 0.417 e. The Morgan fingerprint density at radius 2 is 1.52 bits per heavy atom. The van der Waals surface area contributed by atoms with Crippen LogP contribution in [0, 0.1) is 0 Å². The Labute approximate surface area is 185 Å². The van der Waals surface area contributed by atoms with Crippen LogP contribution in [0.2, 0.25) is 15.1 Å². The normalized spacial score (nSPS) is 13.8. The molecule has 2 aromatic rings. The first-order chi connectivity index (χ1) is 14.2. The fraction of sp³-hybridized carbons (Fsp3) is 0.167. The van der Waals surface area contributed by atoms with E-state index in [4.69, 9.17) is 40.6 Å². The van der Waals surface area contributed by atoms with E-state index in [2.05, 4.69) is 0 Å². The van der Waals surface area contributed by atoms with Crippen LogP contribution in [0.5, 0.6) is 0 Å². The van der Waals surface area contributed by atoms with E-state index in [0.717, 1.165) is 18.2 Å². The highest BCUT2D eigenvalue weighted by atomic mass is 35.5. The minimum absolute atomic E-state index is 0.0788. The standard InChI is InChI=1S/C18H10Cl3F7N2O/c19-11-4-7(5-12(20)15(11)21)10(17(23,24)25)6-13(22)8-2-1-3-9(16(31)30-29)14(8)18(26,27)28/h1-6,10H,29H2,(H,30,31). The van der Waals surface area contributed by atoms with Crippen LogP contribution in [0.4, 0.5) is 30.7 Å². The monoisotopic (exact) mass is 508 g/mol. The number of carbonyl (C=O) groups excluding carboxylic acids is 1. The molecule has 0 bridgehead atoms. The van der Waals surface area contributed by atoms with Gasteiger partial charge in [0.25, 0.3) is 5.91 Å². The van der Waals surface area contributed by atoms with Crippen molar-refractivity contribution in [3.63, 3.8) is 0 Å². The van der Waals surface area contributed by atoms with Gasteiger partial charge in [0.2, 0.25) is 0 Å². The summed E-state index contributed by atoms with van der Waals surface area (Å²) in [5, 5.41) is -0.994. The predicted octanol–water partition coefficient (Wildman–Crippen LogP) is 6.93. The SMILES string of the molecule is NNC(=O)c1cccc(C(F)=CC(c2cc(Cl)c(Cl)c(Cl)c2)C(F)(F)F)c1C(F)(F)F. The molecule has 0 fully saturated rings. The highest BCUT2D eigenvalue weighted by Gasteiger charge is 2.42. The molecule has 1 atom stereocenters. The summed E-state index contributed by atoms with van der Waals surface area (Å²) < 4.78 is 96.2. The molecule has 0 aromatic heterocycles. The zero-order chi connectivity index (χ0) is 23.7. The van der Waals surface area contributed by atoms with Gasteiger partial charge in [-0.25, -0.2) is 10.2 Å². The Morgan fingerprint density at radius 3 is 1.97 bits per heavy atom. The Hall–Kier alpha value is -2.01. The molecule has 0 heterocycles. The van der Waals surface area contributed by atoms with E-state index in [0.29, 0.717) is 12.1 Å². The molecule has 0 saturated heterocycles. The van der Waals surface area contributed by atoms with Gasteiger partial charge >= 0.3 is 12.4 Å². The second-order valence-corrected chi connectivity index (χ2v) is 7.22. The van der Waals surface area contributed by atoms with Gasteiger partial charge in [-0.15, -0.1) is 0 Å². The third kappa shape index (κ3) is 5.62. The highest BCUT2D eigenvalue weighted by molar-refractivity contribution is 6.48. The third-order valence-electron chi connectivity index (χ3n) is 4.01. The summed E-state index contributed by atoms with van der Waals surface area (Å²) in [6.45, 7) is 0. The Morgan fingerprint density at radius 1 is 1.00 bits per heavy atom. The van der Waals surface area contributed by atoms with Gasteiger partial charge < -0.3 is 0 Å². The maximum absolute atomic E-state index is 14.8. The van der Waals surface area contributed by atoms with Gasteiger partial charge in [-0.2, -0.15) is 26.3 Å². The van der Waals surface area contributed by atoms with Gasteiger partial charge in [0.05, 0.1) is 26.2 Å². The minimum atomic E-state index is -5.29. The van der Waals surface area contributed by atoms with Crippen LogP contribution in [-0.4, -0.2) is 12.1 Å². The van der Waals surface area contributed by atoms with E-state index in [1.807, 2.05) is 0 Å². The van der Waals surface area contributed by atoms with Gasteiger partial charge in [0.15, 0.2) is 0 Å². The topological polar surface area (TPSA) is 55.1 Å². The molecule has 3 nitrogen and oxygen atoms in total. The predicted molar refractivity (Wildman–Crippen MR) is 102 cm³/mol. The summed E-state index contributed by atoms with van der Waals surface area (Å²) in [6.07, 6.45) is -10.5. The number of benzene rings is 2. The summed E-state index contributed by atoms with van der Waals surface area (Å²) >= 11 is 17.1. The number of alkyl halides is 6. The lowest BCUT2D eigenvalue weighted by Gasteiger charge is -2.20. The average Bonchev–Trinajstić information content (AvgIpc) is 2.66. The van der Waals surface area contributed by atoms with Crippen LogP contribution in [-0.2, 0) is 6.18 Å². The molecule has 2 rings (SSSR count). The Bertz CT molecular complexity index is 1010. The number of hydrazine groups is 1. The quantitative estimate of drug-likeness (QED) is 0.154. The summed E-state index contributed by atoms with van der Waals surface area (Å²) in [6, 6.07) is 3.67. The van der Waals surface area contributed by atoms with Crippen LogP contribution in [0.3, 0.4) is 0 Å². The zero-order valence-corrected chi connectivity index (χ0v) is 17.1. The number of rotatable bonds is 4. The third-order valence-corrected chi connectivity index (χ3v) is 5.21. The highest BCUT2D eigenvalue weighted by Crippen LogP contribution is 2.44. The molecule has 31 heavy (non-hydrogen) atoms. The number of hydrogen-bond donors (Lipinski definition) is 2. The molecule has 0 aliphatic rings. The second-order valence-electron chi connectivity index (χ2n) is 6.03. The van der Waals surface area contributed by atoms with Crippen molar-refractivity contribution in [2.45, 2.75) is 18.3 Å². The number of nitrogen functional groups attached to an aromatic ring is 1. The first-order valence-electron chi connectivity index (χ1n) is 7.98. The number of allylic oxidation sites excluding steroid dienone is 1. The van der Waals surface area contributed by atoms with Crippen molar-refractivity contribution in [2.24, 2.45) is 5.84 Å². The van der Waals surface area contributed by atoms with E-state index >= 15 is 0 Å². The van der Waals surface area contributed by atoms with Gasteiger partial charge in [-0.05, 0) is 29.8 Å². The maximum Gasteiger partial charge on any atom is 0.417 e. The molecule has 0 radical (unpaired) electrons. The zero-order valence-electron chi connectivity index (χ0n) is 14.8. The second kappa shape index (κ2) is 9.23. The molecule has 0 spiro atoms. The van der Waals surface area contributed by atoms with Crippen molar-refractivity contribution in [2.75, 3.05) is 0 Å². The van der Waals surface area contributed by atoms with E-state index < -0.39 is 52.3 Å². The average molecular weight is 510 g/mol. The number of nitrogens with one attached hydrogen (secondary N) is 1. The lowest BCUT2D eigenvalue weighted by Crippen LogP contribution is -2.32. The molecule has 1 amide bonds. The van der Waals surface area contributed by atoms with Crippen molar-refractivity contribution in [3.8, 4) is 0 Å². The molecule has 0 aliphatic heterocycles. The van der Waals surface area contributed by atoms with Crippen LogP contribution in [0.15, 0.2) is 36.4 Å².